The molecule has 1 aliphatic rings. The van der Waals surface area contributed by atoms with Crippen molar-refractivity contribution in [3.8, 4) is 5.75 Å². The summed E-state index contributed by atoms with van der Waals surface area (Å²) in [6.07, 6.45) is 1.69. The van der Waals surface area contributed by atoms with Crippen LogP contribution in [0.5, 0.6) is 5.75 Å². The quantitative estimate of drug-likeness (QED) is 0.601. The third-order valence-corrected chi connectivity index (χ3v) is 5.81. The van der Waals surface area contributed by atoms with Gasteiger partial charge in [0.1, 0.15) is 11.8 Å². The molecule has 33 heavy (non-hydrogen) atoms. The summed E-state index contributed by atoms with van der Waals surface area (Å²) in [6.45, 7) is 4.45. The molecule has 0 bridgehead atoms. The van der Waals surface area contributed by atoms with E-state index in [4.69, 9.17) is 4.74 Å². The molecule has 176 valence electrons. The van der Waals surface area contributed by atoms with Gasteiger partial charge in [0.15, 0.2) is 0 Å². The van der Waals surface area contributed by atoms with Gasteiger partial charge in [-0.05, 0) is 49.1 Å². The Hall–Kier alpha value is -3.55. The minimum absolute atomic E-state index is 0.0489. The van der Waals surface area contributed by atoms with Gasteiger partial charge in [0.2, 0.25) is 11.8 Å². The van der Waals surface area contributed by atoms with E-state index in [9.17, 15) is 14.4 Å². The number of carbonyl (C=O) groups is 3. The molecule has 0 aromatic heterocycles. The highest BCUT2D eigenvalue weighted by Crippen LogP contribution is 2.17. The molecule has 1 atom stereocenters. The minimum atomic E-state index is -0.668. The van der Waals surface area contributed by atoms with Crippen LogP contribution in [0.2, 0.25) is 0 Å². The highest BCUT2D eigenvalue weighted by atomic mass is 16.5. The molecule has 3 N–H and O–H groups in total. The van der Waals surface area contributed by atoms with Crippen molar-refractivity contribution in [2.24, 2.45) is 0 Å². The summed E-state index contributed by atoms with van der Waals surface area (Å²) in [5.41, 5.74) is 2.73. The Labute approximate surface area is 194 Å². The predicted octanol–water partition coefficient (Wildman–Crippen LogP) is 2.86. The summed E-state index contributed by atoms with van der Waals surface area (Å²) >= 11 is 0. The third-order valence-electron chi connectivity index (χ3n) is 5.81. The highest BCUT2D eigenvalue weighted by molar-refractivity contribution is 5.90. The van der Waals surface area contributed by atoms with Crippen LogP contribution in [0.15, 0.2) is 48.5 Å². The summed E-state index contributed by atoms with van der Waals surface area (Å²) < 4.78 is 5.17. The molecule has 1 unspecified atom stereocenters. The van der Waals surface area contributed by atoms with E-state index in [0.717, 1.165) is 22.6 Å². The molecule has 2 aromatic carbocycles. The molecule has 8 heteroatoms. The van der Waals surface area contributed by atoms with Crippen LogP contribution in [-0.4, -0.2) is 55.0 Å². The lowest BCUT2D eigenvalue weighted by atomic mass is 10.0. The fourth-order valence-electron chi connectivity index (χ4n) is 3.89. The number of benzene rings is 2. The van der Waals surface area contributed by atoms with Gasteiger partial charge in [-0.2, -0.15) is 0 Å². The smallest absolute Gasteiger partial charge is 0.321 e. The average molecular weight is 453 g/mol. The zero-order valence-electron chi connectivity index (χ0n) is 19.4. The van der Waals surface area contributed by atoms with E-state index in [-0.39, 0.29) is 23.9 Å². The lowest BCUT2D eigenvalue weighted by Crippen LogP contribution is -2.53. The van der Waals surface area contributed by atoms with E-state index in [1.807, 2.05) is 55.5 Å². The molecule has 1 heterocycles. The number of carbonyl (C=O) groups excluding carboxylic acids is 3. The topological polar surface area (TPSA) is 99.8 Å². The number of urea groups is 1. The van der Waals surface area contributed by atoms with Crippen LogP contribution in [0.25, 0.3) is 0 Å². The Balaban J connectivity index is 1.52. The van der Waals surface area contributed by atoms with Crippen LogP contribution >= 0.6 is 0 Å². The number of hydrogen-bond acceptors (Lipinski definition) is 4. The normalized spacial score (nSPS) is 14.8. The fraction of sp³-hybridized carbons (Fsp3) is 0.400. The van der Waals surface area contributed by atoms with Crippen LogP contribution in [-0.2, 0) is 16.0 Å². The van der Waals surface area contributed by atoms with E-state index in [1.165, 1.54) is 6.92 Å². The average Bonchev–Trinajstić information content (AvgIpc) is 2.80. The number of ether oxygens (including phenoxy) is 1. The highest BCUT2D eigenvalue weighted by Gasteiger charge is 2.27. The van der Waals surface area contributed by atoms with Gasteiger partial charge in [0.25, 0.3) is 0 Å². The van der Waals surface area contributed by atoms with Gasteiger partial charge in [-0.15, -0.1) is 0 Å². The van der Waals surface area contributed by atoms with Crippen molar-refractivity contribution in [2.45, 2.75) is 45.2 Å². The van der Waals surface area contributed by atoms with Gasteiger partial charge < -0.3 is 25.6 Å². The van der Waals surface area contributed by atoms with Crippen molar-refractivity contribution in [1.29, 1.82) is 0 Å². The van der Waals surface area contributed by atoms with Crippen molar-refractivity contribution in [3.05, 3.63) is 59.7 Å². The monoisotopic (exact) mass is 452 g/mol. The first kappa shape index (κ1) is 24.1. The maximum absolute atomic E-state index is 12.9. The molecule has 0 spiro atoms. The summed E-state index contributed by atoms with van der Waals surface area (Å²) in [7, 11) is 1.60. The number of nitrogens with zero attached hydrogens (tertiary/aromatic N) is 1. The molecule has 8 nitrogen and oxygen atoms in total. The van der Waals surface area contributed by atoms with Crippen molar-refractivity contribution < 1.29 is 19.1 Å². The second-order valence-corrected chi connectivity index (χ2v) is 8.32. The van der Waals surface area contributed by atoms with E-state index in [1.54, 1.807) is 12.0 Å². The van der Waals surface area contributed by atoms with Gasteiger partial charge >= 0.3 is 6.03 Å². The van der Waals surface area contributed by atoms with Crippen molar-refractivity contribution in [1.82, 2.24) is 15.5 Å². The van der Waals surface area contributed by atoms with Crippen LogP contribution in [0.1, 0.15) is 30.9 Å². The molecule has 2 aromatic rings. The zero-order valence-corrected chi connectivity index (χ0v) is 19.4. The number of aryl methyl sites for hydroxylation is 1. The molecule has 0 aliphatic carbocycles. The van der Waals surface area contributed by atoms with E-state index < -0.39 is 6.04 Å². The SMILES string of the molecule is COc1ccc(CC(NC(C)=O)C(=O)NC2CCN(C(=O)Nc3ccccc3C)CC2)cc1. The van der Waals surface area contributed by atoms with Gasteiger partial charge in [0, 0.05) is 38.2 Å². The number of anilines is 1. The summed E-state index contributed by atoms with van der Waals surface area (Å²) in [5, 5.41) is 8.75. The third kappa shape index (κ3) is 6.97. The zero-order chi connectivity index (χ0) is 23.8. The van der Waals surface area contributed by atoms with Crippen LogP contribution < -0.4 is 20.7 Å². The van der Waals surface area contributed by atoms with E-state index in [0.29, 0.717) is 32.4 Å². The van der Waals surface area contributed by atoms with Crippen molar-refractivity contribution in [3.63, 3.8) is 0 Å². The molecule has 3 rings (SSSR count). The molecule has 1 saturated heterocycles. The lowest BCUT2D eigenvalue weighted by Gasteiger charge is -2.33. The number of para-hydroxylation sites is 1. The lowest BCUT2D eigenvalue weighted by molar-refractivity contribution is -0.128. The molecule has 1 fully saturated rings. The number of rotatable bonds is 7. The van der Waals surface area contributed by atoms with Crippen molar-refractivity contribution in [2.75, 3.05) is 25.5 Å². The molecular weight excluding hydrogens is 420 g/mol. The largest absolute Gasteiger partial charge is 0.497 e. The Bertz CT molecular complexity index is 969. The van der Waals surface area contributed by atoms with E-state index in [2.05, 4.69) is 16.0 Å². The van der Waals surface area contributed by atoms with Gasteiger partial charge in [-0.3, -0.25) is 9.59 Å². The molecule has 0 saturated carbocycles. The molecule has 0 radical (unpaired) electrons. The summed E-state index contributed by atoms with van der Waals surface area (Å²) in [4.78, 5) is 39.0. The number of likely N-dealkylation sites (tertiary alicyclic amines) is 1. The van der Waals surface area contributed by atoms with Crippen molar-refractivity contribution >= 4 is 23.5 Å². The minimum Gasteiger partial charge on any atom is -0.497 e. The van der Waals surface area contributed by atoms with E-state index >= 15 is 0 Å². The first-order valence-electron chi connectivity index (χ1n) is 11.2. The number of amides is 4. The second-order valence-electron chi connectivity index (χ2n) is 8.32. The fourth-order valence-corrected chi connectivity index (χ4v) is 3.89. The van der Waals surface area contributed by atoms with Gasteiger partial charge in [0.05, 0.1) is 7.11 Å². The van der Waals surface area contributed by atoms with Crippen LogP contribution in [0, 0.1) is 6.92 Å². The predicted molar refractivity (Wildman–Crippen MR) is 127 cm³/mol. The molecule has 1 aliphatic heterocycles. The number of nitrogens with one attached hydrogen (secondary N) is 3. The number of hydrogen-bond donors (Lipinski definition) is 3. The number of methoxy groups -OCH3 is 1. The Morgan fingerprint density at radius 2 is 1.73 bits per heavy atom. The Morgan fingerprint density at radius 3 is 2.33 bits per heavy atom. The first-order valence-corrected chi connectivity index (χ1v) is 11.2. The Morgan fingerprint density at radius 1 is 1.06 bits per heavy atom. The number of piperidine rings is 1. The van der Waals surface area contributed by atoms with Gasteiger partial charge in [-0.1, -0.05) is 30.3 Å². The van der Waals surface area contributed by atoms with Crippen LogP contribution in [0.3, 0.4) is 0 Å². The molecule has 4 amide bonds. The second kappa shape index (κ2) is 11.4. The summed E-state index contributed by atoms with van der Waals surface area (Å²) in [5.74, 6) is 0.257. The van der Waals surface area contributed by atoms with Crippen LogP contribution in [0.4, 0.5) is 10.5 Å². The Kier molecular flexibility index (Phi) is 8.29. The van der Waals surface area contributed by atoms with Gasteiger partial charge in [-0.25, -0.2) is 4.79 Å². The summed E-state index contributed by atoms with van der Waals surface area (Å²) in [6, 6.07) is 14.2. The maximum atomic E-state index is 12.9. The molecular formula is C25H32N4O4. The first-order chi connectivity index (χ1) is 15.9. The standard InChI is InChI=1S/C25H32N4O4/c1-17-6-4-5-7-22(17)28-25(32)29-14-12-20(13-15-29)27-24(31)23(26-18(2)30)16-19-8-10-21(33-3)11-9-19/h4-11,20,23H,12-16H2,1-3H3,(H,26,30)(H,27,31)(H,28,32). The maximum Gasteiger partial charge on any atom is 0.321 e.